The van der Waals surface area contributed by atoms with Gasteiger partial charge in [0.1, 0.15) is 0 Å². The van der Waals surface area contributed by atoms with Crippen molar-refractivity contribution < 1.29 is 9.53 Å². The number of methoxy groups -OCH3 is 1. The summed E-state index contributed by atoms with van der Waals surface area (Å²) in [5.41, 5.74) is 3.49. The zero-order chi connectivity index (χ0) is 13.1. The zero-order valence-corrected chi connectivity index (χ0v) is 11.0. The molecule has 0 saturated heterocycles. The zero-order valence-electron chi connectivity index (χ0n) is 10.2. The lowest BCUT2D eigenvalue weighted by Crippen LogP contribution is -2.00. The third-order valence-corrected chi connectivity index (χ3v) is 3.20. The molecule has 2 rings (SSSR count). The number of halogens is 1. The van der Waals surface area contributed by atoms with E-state index < -0.39 is 0 Å². The number of aryl methyl sites for hydroxylation is 1. The molecule has 2 aromatic rings. The molecule has 0 amide bonds. The van der Waals surface area contributed by atoms with Gasteiger partial charge in [-0.15, -0.1) is 0 Å². The van der Waals surface area contributed by atoms with Crippen LogP contribution >= 0.6 is 11.6 Å². The number of ether oxygens (including phenoxy) is 1. The molecule has 0 aromatic heterocycles. The molecular formula is C15H13ClO2. The fourth-order valence-corrected chi connectivity index (χ4v) is 1.90. The number of esters is 1. The Hall–Kier alpha value is -1.80. The number of benzene rings is 2. The minimum atomic E-state index is -0.338. The number of hydrogen-bond acceptors (Lipinski definition) is 2. The van der Waals surface area contributed by atoms with Gasteiger partial charge in [0, 0.05) is 5.02 Å². The summed E-state index contributed by atoms with van der Waals surface area (Å²) >= 11 is 6.10. The first-order valence-corrected chi connectivity index (χ1v) is 5.94. The fraction of sp³-hybridized carbons (Fsp3) is 0.133. The second-order valence-electron chi connectivity index (χ2n) is 4.04. The van der Waals surface area contributed by atoms with Gasteiger partial charge in [-0.3, -0.25) is 0 Å². The van der Waals surface area contributed by atoms with Crippen molar-refractivity contribution >= 4 is 17.6 Å². The van der Waals surface area contributed by atoms with Gasteiger partial charge in [0.05, 0.1) is 12.7 Å². The predicted octanol–water partition coefficient (Wildman–Crippen LogP) is 4.10. The predicted molar refractivity (Wildman–Crippen MR) is 73.0 cm³/mol. The van der Waals surface area contributed by atoms with Crippen molar-refractivity contribution in [2.45, 2.75) is 6.92 Å². The summed E-state index contributed by atoms with van der Waals surface area (Å²) in [6.07, 6.45) is 0. The van der Waals surface area contributed by atoms with Crippen LogP contribution in [0.5, 0.6) is 0 Å². The standard InChI is InChI=1S/C15H13ClO2/c1-10-6-7-12(9-14(10)16)11-4-3-5-13(8-11)15(17)18-2/h3-9H,1-2H3. The molecule has 0 unspecified atom stereocenters. The van der Waals surface area contributed by atoms with E-state index in [0.29, 0.717) is 5.56 Å². The Kier molecular flexibility index (Phi) is 3.68. The van der Waals surface area contributed by atoms with Gasteiger partial charge in [-0.1, -0.05) is 35.9 Å². The van der Waals surface area contributed by atoms with E-state index in [-0.39, 0.29) is 5.97 Å². The van der Waals surface area contributed by atoms with Crippen LogP contribution in [0.25, 0.3) is 11.1 Å². The largest absolute Gasteiger partial charge is 0.465 e. The molecule has 0 spiro atoms. The van der Waals surface area contributed by atoms with Gasteiger partial charge < -0.3 is 4.74 Å². The smallest absolute Gasteiger partial charge is 0.337 e. The Morgan fingerprint density at radius 2 is 1.83 bits per heavy atom. The van der Waals surface area contributed by atoms with E-state index >= 15 is 0 Å². The van der Waals surface area contributed by atoms with E-state index in [1.807, 2.05) is 37.3 Å². The number of hydrogen-bond donors (Lipinski definition) is 0. The maximum Gasteiger partial charge on any atom is 0.337 e. The number of carbonyl (C=O) groups is 1. The Bertz CT molecular complexity index is 591. The third kappa shape index (κ3) is 2.54. The molecular weight excluding hydrogens is 248 g/mol. The average Bonchev–Trinajstić information content (AvgIpc) is 2.41. The Morgan fingerprint density at radius 1 is 1.11 bits per heavy atom. The van der Waals surface area contributed by atoms with Crippen molar-refractivity contribution in [2.24, 2.45) is 0 Å². The normalized spacial score (nSPS) is 10.2. The summed E-state index contributed by atoms with van der Waals surface area (Å²) in [6.45, 7) is 1.96. The highest BCUT2D eigenvalue weighted by atomic mass is 35.5. The van der Waals surface area contributed by atoms with Gasteiger partial charge in [0.25, 0.3) is 0 Å². The lowest BCUT2D eigenvalue weighted by atomic mass is 10.0. The van der Waals surface area contributed by atoms with Crippen LogP contribution in [-0.2, 0) is 4.74 Å². The van der Waals surface area contributed by atoms with Crippen LogP contribution in [0.15, 0.2) is 42.5 Å². The van der Waals surface area contributed by atoms with Crippen molar-refractivity contribution in [3.8, 4) is 11.1 Å². The average molecular weight is 261 g/mol. The van der Waals surface area contributed by atoms with Crippen LogP contribution < -0.4 is 0 Å². The Morgan fingerprint density at radius 3 is 2.50 bits per heavy atom. The second kappa shape index (κ2) is 5.23. The molecule has 0 heterocycles. The van der Waals surface area contributed by atoms with Crippen molar-refractivity contribution in [3.63, 3.8) is 0 Å². The van der Waals surface area contributed by atoms with E-state index in [4.69, 9.17) is 16.3 Å². The maximum atomic E-state index is 11.5. The van der Waals surface area contributed by atoms with E-state index in [1.165, 1.54) is 7.11 Å². The SMILES string of the molecule is COC(=O)c1cccc(-c2ccc(C)c(Cl)c2)c1. The molecule has 0 bridgehead atoms. The van der Waals surface area contributed by atoms with Gasteiger partial charge in [-0.2, -0.15) is 0 Å². The van der Waals surface area contributed by atoms with Crippen molar-refractivity contribution in [1.82, 2.24) is 0 Å². The van der Waals surface area contributed by atoms with E-state index in [9.17, 15) is 4.79 Å². The molecule has 0 aliphatic carbocycles. The first-order valence-electron chi connectivity index (χ1n) is 5.56. The summed E-state index contributed by atoms with van der Waals surface area (Å²) in [4.78, 5) is 11.5. The quantitative estimate of drug-likeness (QED) is 0.760. The van der Waals surface area contributed by atoms with Crippen molar-refractivity contribution in [1.29, 1.82) is 0 Å². The van der Waals surface area contributed by atoms with E-state index in [2.05, 4.69) is 0 Å². The first-order chi connectivity index (χ1) is 8.61. The molecule has 0 aliphatic rings. The fourth-order valence-electron chi connectivity index (χ4n) is 1.72. The minimum absolute atomic E-state index is 0.338. The molecule has 18 heavy (non-hydrogen) atoms. The molecule has 3 heteroatoms. The maximum absolute atomic E-state index is 11.5. The molecule has 2 aromatic carbocycles. The molecule has 0 aliphatic heterocycles. The Labute approximate surface area is 111 Å². The van der Waals surface area contributed by atoms with Crippen molar-refractivity contribution in [2.75, 3.05) is 7.11 Å². The summed E-state index contributed by atoms with van der Waals surface area (Å²) < 4.78 is 4.70. The minimum Gasteiger partial charge on any atom is -0.465 e. The molecule has 92 valence electrons. The van der Waals surface area contributed by atoms with E-state index in [1.54, 1.807) is 12.1 Å². The summed E-state index contributed by atoms with van der Waals surface area (Å²) in [5, 5.41) is 0.718. The van der Waals surface area contributed by atoms with Crippen LogP contribution in [0, 0.1) is 6.92 Å². The Balaban J connectivity index is 2.44. The monoisotopic (exact) mass is 260 g/mol. The first kappa shape index (κ1) is 12.7. The van der Waals surface area contributed by atoms with Gasteiger partial charge in [0.2, 0.25) is 0 Å². The third-order valence-electron chi connectivity index (χ3n) is 2.79. The molecule has 0 atom stereocenters. The van der Waals surface area contributed by atoms with Crippen LogP contribution in [0.4, 0.5) is 0 Å². The highest BCUT2D eigenvalue weighted by Crippen LogP contribution is 2.26. The van der Waals surface area contributed by atoms with Crippen LogP contribution in [0.1, 0.15) is 15.9 Å². The summed E-state index contributed by atoms with van der Waals surface area (Å²) in [5.74, 6) is -0.338. The lowest BCUT2D eigenvalue weighted by Gasteiger charge is -2.06. The van der Waals surface area contributed by atoms with Crippen LogP contribution in [0.2, 0.25) is 5.02 Å². The van der Waals surface area contributed by atoms with Gasteiger partial charge in [-0.05, 0) is 41.8 Å². The van der Waals surface area contributed by atoms with E-state index in [0.717, 1.165) is 21.7 Å². The molecule has 0 N–H and O–H groups in total. The second-order valence-corrected chi connectivity index (χ2v) is 4.44. The molecule has 0 radical (unpaired) electrons. The topological polar surface area (TPSA) is 26.3 Å². The van der Waals surface area contributed by atoms with Gasteiger partial charge in [-0.25, -0.2) is 4.79 Å². The van der Waals surface area contributed by atoms with Gasteiger partial charge in [0.15, 0.2) is 0 Å². The number of rotatable bonds is 2. The van der Waals surface area contributed by atoms with Crippen LogP contribution in [0.3, 0.4) is 0 Å². The molecule has 2 nitrogen and oxygen atoms in total. The lowest BCUT2D eigenvalue weighted by molar-refractivity contribution is 0.0601. The molecule has 0 fully saturated rings. The van der Waals surface area contributed by atoms with Gasteiger partial charge >= 0.3 is 5.97 Å². The highest BCUT2D eigenvalue weighted by molar-refractivity contribution is 6.31. The molecule has 0 saturated carbocycles. The highest BCUT2D eigenvalue weighted by Gasteiger charge is 2.07. The summed E-state index contributed by atoms with van der Waals surface area (Å²) in [7, 11) is 1.37. The summed E-state index contributed by atoms with van der Waals surface area (Å²) in [6, 6.07) is 13.1. The number of carbonyl (C=O) groups excluding carboxylic acids is 1. The van der Waals surface area contributed by atoms with Crippen molar-refractivity contribution in [3.05, 3.63) is 58.6 Å². The van der Waals surface area contributed by atoms with Crippen LogP contribution in [-0.4, -0.2) is 13.1 Å².